The van der Waals surface area contributed by atoms with Crippen molar-refractivity contribution in [2.75, 3.05) is 19.8 Å². The van der Waals surface area contributed by atoms with Gasteiger partial charge in [-0.05, 0) is 55.4 Å². The van der Waals surface area contributed by atoms with Gasteiger partial charge < -0.3 is 14.2 Å². The molecule has 6 heteroatoms. The first-order valence-electron chi connectivity index (χ1n) is 10.6. The summed E-state index contributed by atoms with van der Waals surface area (Å²) in [5.41, 5.74) is 0. The van der Waals surface area contributed by atoms with E-state index in [1.54, 1.807) is 18.2 Å². The van der Waals surface area contributed by atoms with Crippen molar-refractivity contribution >= 4 is 31.5 Å². The Morgan fingerprint density at radius 1 is 1.00 bits per heavy atom. The van der Waals surface area contributed by atoms with Gasteiger partial charge in [0.05, 0.1) is 22.1 Å². The number of thiophene rings is 1. The van der Waals surface area contributed by atoms with E-state index in [0.717, 1.165) is 37.2 Å². The topological polar surface area (TPSA) is 27.7 Å². The lowest BCUT2D eigenvalue weighted by Gasteiger charge is -2.15. The fraction of sp³-hybridized carbons (Fsp3) is 0.500. The third kappa shape index (κ3) is 4.40. The summed E-state index contributed by atoms with van der Waals surface area (Å²) in [5.74, 6) is 0.441. The lowest BCUT2D eigenvalue weighted by molar-refractivity contribution is 0.0667. The van der Waals surface area contributed by atoms with Crippen molar-refractivity contribution in [3.05, 3.63) is 35.9 Å². The summed E-state index contributed by atoms with van der Waals surface area (Å²) < 4.78 is 48.0. The van der Waals surface area contributed by atoms with E-state index < -0.39 is 11.6 Å². The van der Waals surface area contributed by atoms with Crippen molar-refractivity contribution < 1.29 is 23.0 Å². The second-order valence-electron chi connectivity index (χ2n) is 8.60. The van der Waals surface area contributed by atoms with Gasteiger partial charge >= 0.3 is 0 Å². The average molecular weight is 435 g/mol. The summed E-state index contributed by atoms with van der Waals surface area (Å²) in [6.07, 6.45) is 2.97. The first-order valence-corrected chi connectivity index (χ1v) is 11.5. The number of benzene rings is 2. The molecular weight excluding hydrogens is 406 g/mol. The van der Waals surface area contributed by atoms with Gasteiger partial charge in [-0.25, -0.2) is 8.78 Å². The van der Waals surface area contributed by atoms with Gasteiger partial charge in [0, 0.05) is 17.4 Å². The van der Waals surface area contributed by atoms with Crippen molar-refractivity contribution in [1.82, 2.24) is 0 Å². The van der Waals surface area contributed by atoms with Gasteiger partial charge in [-0.15, -0.1) is 11.3 Å². The zero-order valence-corrected chi connectivity index (χ0v) is 18.5. The van der Waals surface area contributed by atoms with Gasteiger partial charge in [-0.2, -0.15) is 0 Å². The van der Waals surface area contributed by atoms with Crippen LogP contribution in [-0.2, 0) is 4.74 Å². The molecule has 1 aliphatic heterocycles. The Kier molecular flexibility index (Phi) is 6.44. The van der Waals surface area contributed by atoms with Crippen LogP contribution in [0.2, 0.25) is 0 Å². The van der Waals surface area contributed by atoms with Crippen molar-refractivity contribution in [3.63, 3.8) is 0 Å². The van der Waals surface area contributed by atoms with Crippen LogP contribution in [0.15, 0.2) is 24.3 Å². The van der Waals surface area contributed by atoms with Crippen LogP contribution >= 0.6 is 11.3 Å². The number of ether oxygens (including phenoxy) is 3. The molecule has 4 rings (SSSR count). The molecule has 0 saturated carbocycles. The molecule has 2 aromatic carbocycles. The summed E-state index contributed by atoms with van der Waals surface area (Å²) in [5, 5.41) is 1.38. The van der Waals surface area contributed by atoms with Crippen LogP contribution in [0.3, 0.4) is 0 Å². The van der Waals surface area contributed by atoms with Crippen molar-refractivity contribution in [3.8, 4) is 11.5 Å². The Labute approximate surface area is 179 Å². The van der Waals surface area contributed by atoms with Crippen LogP contribution in [0.5, 0.6) is 11.5 Å². The molecular formula is C24H28F2O3S. The normalized spacial score (nSPS) is 17.9. The molecule has 3 nitrogen and oxygen atoms in total. The average Bonchev–Trinajstić information content (AvgIpc) is 3.35. The molecule has 1 aliphatic rings. The molecule has 0 amide bonds. The van der Waals surface area contributed by atoms with E-state index in [0.29, 0.717) is 45.2 Å². The van der Waals surface area contributed by atoms with Crippen molar-refractivity contribution in [2.24, 2.45) is 11.8 Å². The Morgan fingerprint density at radius 3 is 2.20 bits per heavy atom. The molecule has 0 N–H and O–H groups in total. The molecule has 0 aliphatic carbocycles. The number of hydrogen-bond donors (Lipinski definition) is 0. The molecule has 1 aromatic heterocycles. The molecule has 2 atom stereocenters. The standard InChI is InChI=1S/C24H28F2O3S/c1-14(2)11-15(3)12-28-19-8-6-17-18-7-9-20(29-13-16-5-4-10-27-16)22(26)24(18)30-23(17)21(19)25/h6-9,14-16H,4-5,10-13H2,1-3H3. The fourth-order valence-electron chi connectivity index (χ4n) is 4.09. The van der Waals surface area contributed by atoms with Crippen molar-refractivity contribution in [1.29, 1.82) is 0 Å². The van der Waals surface area contributed by atoms with Crippen LogP contribution in [0.4, 0.5) is 8.78 Å². The summed E-state index contributed by atoms with van der Waals surface area (Å²) in [4.78, 5) is 0. The van der Waals surface area contributed by atoms with E-state index in [2.05, 4.69) is 20.8 Å². The number of hydrogen-bond acceptors (Lipinski definition) is 4. The molecule has 2 unspecified atom stereocenters. The van der Waals surface area contributed by atoms with E-state index in [1.165, 1.54) is 0 Å². The highest BCUT2D eigenvalue weighted by atomic mass is 32.1. The lowest BCUT2D eigenvalue weighted by atomic mass is 10.00. The smallest absolute Gasteiger partial charge is 0.182 e. The predicted molar refractivity (Wildman–Crippen MR) is 118 cm³/mol. The molecule has 30 heavy (non-hydrogen) atoms. The van der Waals surface area contributed by atoms with E-state index >= 15 is 8.78 Å². The van der Waals surface area contributed by atoms with Gasteiger partial charge in [0.25, 0.3) is 0 Å². The molecule has 0 spiro atoms. The highest BCUT2D eigenvalue weighted by Crippen LogP contribution is 2.41. The Morgan fingerprint density at radius 2 is 1.63 bits per heavy atom. The maximum absolute atomic E-state index is 15.1. The summed E-state index contributed by atoms with van der Waals surface area (Å²) in [6.45, 7) is 7.94. The minimum absolute atomic E-state index is 0.0118. The Balaban J connectivity index is 1.58. The van der Waals surface area contributed by atoms with Crippen LogP contribution in [0, 0.1) is 23.5 Å². The monoisotopic (exact) mass is 434 g/mol. The lowest BCUT2D eigenvalue weighted by Crippen LogP contribution is -2.16. The fourth-order valence-corrected chi connectivity index (χ4v) is 5.25. The molecule has 0 bridgehead atoms. The SMILES string of the molecule is CC(C)CC(C)COc1ccc2c(sc3c(F)c(OCC4CCCO4)ccc32)c1F. The number of rotatable bonds is 8. The molecule has 1 saturated heterocycles. The Bertz CT molecular complexity index is 1020. The third-order valence-corrected chi connectivity index (χ3v) is 6.67. The predicted octanol–water partition coefficient (Wildman–Crippen LogP) is 6.95. The number of halogens is 2. The minimum atomic E-state index is -0.445. The quantitative estimate of drug-likeness (QED) is 0.384. The zero-order chi connectivity index (χ0) is 21.3. The maximum atomic E-state index is 15.1. The molecule has 3 aromatic rings. The molecule has 162 valence electrons. The van der Waals surface area contributed by atoms with Gasteiger partial charge in [-0.1, -0.05) is 20.8 Å². The maximum Gasteiger partial charge on any atom is 0.182 e. The minimum Gasteiger partial charge on any atom is -0.490 e. The first-order chi connectivity index (χ1) is 14.4. The largest absolute Gasteiger partial charge is 0.490 e. The van der Waals surface area contributed by atoms with E-state index in [9.17, 15) is 0 Å². The second-order valence-corrected chi connectivity index (χ2v) is 9.62. The van der Waals surface area contributed by atoms with Crippen LogP contribution in [-0.4, -0.2) is 25.9 Å². The number of fused-ring (bicyclic) bond motifs is 3. The molecule has 2 heterocycles. The highest BCUT2D eigenvalue weighted by molar-refractivity contribution is 7.25. The van der Waals surface area contributed by atoms with Gasteiger partial charge in [0.1, 0.15) is 6.61 Å². The van der Waals surface area contributed by atoms with Crippen molar-refractivity contribution in [2.45, 2.75) is 46.1 Å². The summed E-state index contributed by atoms with van der Waals surface area (Å²) in [6, 6.07) is 6.87. The second kappa shape index (κ2) is 9.06. The van der Waals surface area contributed by atoms with Crippen LogP contribution < -0.4 is 9.47 Å². The van der Waals surface area contributed by atoms with Gasteiger partial charge in [0.2, 0.25) is 0 Å². The van der Waals surface area contributed by atoms with Crippen LogP contribution in [0.25, 0.3) is 20.2 Å². The van der Waals surface area contributed by atoms with E-state index in [4.69, 9.17) is 14.2 Å². The van der Waals surface area contributed by atoms with Gasteiger partial charge in [-0.3, -0.25) is 0 Å². The summed E-state index contributed by atoms with van der Waals surface area (Å²) in [7, 11) is 0. The molecule has 1 fully saturated rings. The van der Waals surface area contributed by atoms with E-state index in [1.807, 2.05) is 6.07 Å². The highest BCUT2D eigenvalue weighted by Gasteiger charge is 2.21. The third-order valence-electron chi connectivity index (χ3n) is 5.46. The van der Waals surface area contributed by atoms with Crippen LogP contribution in [0.1, 0.15) is 40.0 Å². The zero-order valence-electron chi connectivity index (χ0n) is 17.7. The summed E-state index contributed by atoms with van der Waals surface area (Å²) >= 11 is 1.11. The molecule has 0 radical (unpaired) electrons. The van der Waals surface area contributed by atoms with Gasteiger partial charge in [0.15, 0.2) is 23.1 Å². The first kappa shape index (κ1) is 21.3. The Hall–Kier alpha value is -1.92. The van der Waals surface area contributed by atoms with E-state index in [-0.39, 0.29) is 17.6 Å².